The van der Waals surface area contributed by atoms with Crippen LogP contribution in [0.4, 0.5) is 5.69 Å². The maximum atomic E-state index is 13.0. The lowest BCUT2D eigenvalue weighted by Gasteiger charge is -2.28. The lowest BCUT2D eigenvalue weighted by molar-refractivity contribution is 0.391. The van der Waals surface area contributed by atoms with Crippen LogP contribution in [0.25, 0.3) is 16.6 Å². The van der Waals surface area contributed by atoms with Gasteiger partial charge in [0, 0.05) is 15.4 Å². The first-order chi connectivity index (χ1) is 14.0. The number of nitrogens with zero attached hydrogens (tertiary/aromatic N) is 2. The van der Waals surface area contributed by atoms with Crippen molar-refractivity contribution in [2.24, 2.45) is 0 Å². The fourth-order valence-corrected chi connectivity index (χ4v) is 4.99. The molecule has 0 bridgehead atoms. The average Bonchev–Trinajstić information content (AvgIpc) is 3.06. The normalized spacial score (nSPS) is 19.8. The van der Waals surface area contributed by atoms with Crippen LogP contribution in [0.2, 0.25) is 5.02 Å². The summed E-state index contributed by atoms with van der Waals surface area (Å²) in [5, 5.41) is 4.59. The Hall–Kier alpha value is -2.31. The van der Waals surface area contributed by atoms with E-state index in [-0.39, 0.29) is 5.56 Å². The molecule has 4 aromatic rings. The molecule has 148 valence electrons. The molecule has 1 aliphatic rings. The van der Waals surface area contributed by atoms with Crippen LogP contribution < -0.4 is 11.3 Å². The third kappa shape index (κ3) is 3.24. The lowest BCUT2D eigenvalue weighted by Crippen LogP contribution is -2.16. The van der Waals surface area contributed by atoms with Gasteiger partial charge in [-0.15, -0.1) is 0 Å². The molecule has 5 rings (SSSR count). The Morgan fingerprint density at radius 2 is 1.76 bits per heavy atom. The summed E-state index contributed by atoms with van der Waals surface area (Å²) in [7, 11) is 0. The summed E-state index contributed by atoms with van der Waals surface area (Å²) in [5.74, 6) is 0.837. The molecule has 1 aliphatic carbocycles. The lowest BCUT2D eigenvalue weighted by atomic mass is 9.77. The van der Waals surface area contributed by atoms with Crippen LogP contribution >= 0.6 is 27.5 Å². The Morgan fingerprint density at radius 1 is 1.07 bits per heavy atom. The predicted molar refractivity (Wildman–Crippen MR) is 121 cm³/mol. The number of aromatic amines is 1. The molecule has 0 spiro atoms. The predicted octanol–water partition coefficient (Wildman–Crippen LogP) is 5.62. The van der Waals surface area contributed by atoms with Crippen LogP contribution in [-0.4, -0.2) is 14.6 Å². The monoisotopic (exact) mass is 470 g/mol. The number of aromatic nitrogens is 3. The molecule has 0 unspecified atom stereocenters. The van der Waals surface area contributed by atoms with Gasteiger partial charge in [-0.2, -0.15) is 4.52 Å². The fraction of sp³-hybridized carbons (Fsp3) is 0.273. The number of anilines is 1. The van der Waals surface area contributed by atoms with E-state index in [1.165, 1.54) is 10.1 Å². The summed E-state index contributed by atoms with van der Waals surface area (Å²) < 4.78 is 2.34. The highest BCUT2D eigenvalue weighted by Gasteiger charge is 2.27. The third-order valence-electron chi connectivity index (χ3n) is 6.07. The van der Waals surface area contributed by atoms with E-state index >= 15 is 0 Å². The first kappa shape index (κ1) is 18.7. The van der Waals surface area contributed by atoms with Gasteiger partial charge in [-0.1, -0.05) is 39.7 Å². The molecule has 2 aromatic carbocycles. The SMILES string of the molecule is Nc1c(C2CCC(c3ccc(Cl)cc3)CC2)[nH]n2c(=O)c3cc(Br)ccc3nc12. The number of rotatable bonds is 2. The van der Waals surface area contributed by atoms with E-state index in [2.05, 4.69) is 38.1 Å². The van der Waals surface area contributed by atoms with E-state index in [4.69, 9.17) is 17.3 Å². The quantitative estimate of drug-likeness (QED) is 0.398. The van der Waals surface area contributed by atoms with E-state index in [9.17, 15) is 4.79 Å². The minimum Gasteiger partial charge on any atom is -0.394 e. The molecule has 0 saturated heterocycles. The molecule has 0 radical (unpaired) electrons. The van der Waals surface area contributed by atoms with Crippen LogP contribution in [0.1, 0.15) is 48.8 Å². The van der Waals surface area contributed by atoms with Crippen LogP contribution in [0.5, 0.6) is 0 Å². The molecule has 2 aromatic heterocycles. The van der Waals surface area contributed by atoms with E-state index in [1.807, 2.05) is 24.3 Å². The fourth-order valence-electron chi connectivity index (χ4n) is 4.50. The van der Waals surface area contributed by atoms with Gasteiger partial charge in [0.05, 0.1) is 22.3 Å². The molecule has 2 heterocycles. The first-order valence-corrected chi connectivity index (χ1v) is 10.9. The number of nitrogen functional groups attached to an aromatic ring is 1. The van der Waals surface area contributed by atoms with E-state index in [0.29, 0.717) is 34.1 Å². The van der Waals surface area contributed by atoms with E-state index in [0.717, 1.165) is 40.9 Å². The number of H-pyrrole nitrogens is 1. The van der Waals surface area contributed by atoms with Crippen LogP contribution in [0, 0.1) is 0 Å². The number of fused-ring (bicyclic) bond motifs is 2. The second kappa shape index (κ2) is 7.18. The van der Waals surface area contributed by atoms with Crippen LogP contribution in [0.15, 0.2) is 51.7 Å². The molecular weight excluding hydrogens is 452 g/mol. The summed E-state index contributed by atoms with van der Waals surface area (Å²) in [5.41, 5.74) is 10.3. The Morgan fingerprint density at radius 3 is 2.48 bits per heavy atom. The van der Waals surface area contributed by atoms with Crippen molar-refractivity contribution in [3.63, 3.8) is 0 Å². The van der Waals surface area contributed by atoms with Crippen molar-refractivity contribution in [2.45, 2.75) is 37.5 Å². The van der Waals surface area contributed by atoms with Crippen molar-refractivity contribution in [1.29, 1.82) is 0 Å². The Kier molecular flexibility index (Phi) is 4.63. The van der Waals surface area contributed by atoms with Crippen molar-refractivity contribution in [3.05, 3.63) is 73.6 Å². The van der Waals surface area contributed by atoms with Crippen molar-refractivity contribution in [1.82, 2.24) is 14.6 Å². The third-order valence-corrected chi connectivity index (χ3v) is 6.82. The molecule has 0 amide bonds. The molecule has 3 N–H and O–H groups in total. The van der Waals surface area contributed by atoms with Crippen LogP contribution in [-0.2, 0) is 0 Å². The minimum atomic E-state index is -0.126. The standard InChI is InChI=1S/C22H20BrClN4O/c23-15-7-10-18-17(11-15)22(29)28-21(26-18)19(25)20(27-28)14-3-1-12(2-4-14)13-5-8-16(24)9-6-13/h5-12,14,27H,1-4,25H2. The molecule has 0 aliphatic heterocycles. The summed E-state index contributed by atoms with van der Waals surface area (Å²) in [4.78, 5) is 17.6. The number of nitrogens with one attached hydrogen (secondary N) is 1. The van der Waals surface area contributed by atoms with E-state index < -0.39 is 0 Å². The smallest absolute Gasteiger partial charge is 0.280 e. The van der Waals surface area contributed by atoms with Gasteiger partial charge in [0.15, 0.2) is 5.65 Å². The zero-order chi connectivity index (χ0) is 20.1. The summed E-state index contributed by atoms with van der Waals surface area (Å²) in [6, 6.07) is 13.7. The average molecular weight is 472 g/mol. The van der Waals surface area contributed by atoms with Crippen molar-refractivity contribution in [2.75, 3.05) is 5.73 Å². The van der Waals surface area contributed by atoms with Crippen molar-refractivity contribution < 1.29 is 0 Å². The highest BCUT2D eigenvalue weighted by atomic mass is 79.9. The summed E-state index contributed by atoms with van der Waals surface area (Å²) >= 11 is 9.44. The minimum absolute atomic E-state index is 0.126. The van der Waals surface area contributed by atoms with Gasteiger partial charge in [-0.05, 0) is 67.5 Å². The highest BCUT2D eigenvalue weighted by molar-refractivity contribution is 9.10. The topological polar surface area (TPSA) is 76.2 Å². The summed E-state index contributed by atoms with van der Waals surface area (Å²) in [6.07, 6.45) is 4.20. The maximum absolute atomic E-state index is 13.0. The molecule has 1 saturated carbocycles. The second-order valence-corrected chi connectivity index (χ2v) is 9.13. The van der Waals surface area contributed by atoms with Gasteiger partial charge in [-0.25, -0.2) is 4.98 Å². The molecule has 1 fully saturated rings. The largest absolute Gasteiger partial charge is 0.394 e. The zero-order valence-electron chi connectivity index (χ0n) is 15.7. The Balaban J connectivity index is 1.47. The second-order valence-electron chi connectivity index (χ2n) is 7.78. The summed E-state index contributed by atoms with van der Waals surface area (Å²) in [6.45, 7) is 0. The van der Waals surface area contributed by atoms with Gasteiger partial charge in [0.2, 0.25) is 0 Å². The molecule has 0 atom stereocenters. The van der Waals surface area contributed by atoms with Crippen molar-refractivity contribution in [3.8, 4) is 0 Å². The number of halogens is 2. The zero-order valence-corrected chi connectivity index (χ0v) is 18.0. The van der Waals surface area contributed by atoms with Crippen LogP contribution in [0.3, 0.4) is 0 Å². The van der Waals surface area contributed by atoms with E-state index in [1.54, 1.807) is 6.07 Å². The van der Waals surface area contributed by atoms with Crippen molar-refractivity contribution >= 4 is 49.8 Å². The van der Waals surface area contributed by atoms with Gasteiger partial charge in [0.1, 0.15) is 0 Å². The van der Waals surface area contributed by atoms with Gasteiger partial charge < -0.3 is 5.73 Å². The van der Waals surface area contributed by atoms with Gasteiger partial charge in [-0.3, -0.25) is 9.89 Å². The highest BCUT2D eigenvalue weighted by Crippen LogP contribution is 2.42. The Labute approximate surface area is 181 Å². The van der Waals surface area contributed by atoms with Gasteiger partial charge in [0.25, 0.3) is 5.56 Å². The number of benzene rings is 2. The molecular formula is C22H20BrClN4O. The Bertz CT molecular complexity index is 1270. The number of nitrogens with two attached hydrogens (primary N) is 1. The first-order valence-electron chi connectivity index (χ1n) is 9.76. The molecule has 29 heavy (non-hydrogen) atoms. The number of hydrogen-bond acceptors (Lipinski definition) is 3. The maximum Gasteiger partial charge on any atom is 0.280 e. The molecule has 7 heteroatoms. The number of hydrogen-bond donors (Lipinski definition) is 2. The van der Waals surface area contributed by atoms with Gasteiger partial charge >= 0.3 is 0 Å². The molecule has 5 nitrogen and oxygen atoms in total.